The maximum absolute atomic E-state index is 12.8. The third kappa shape index (κ3) is 6.88. The van der Waals surface area contributed by atoms with E-state index in [-0.39, 0.29) is 11.0 Å². The van der Waals surface area contributed by atoms with E-state index in [0.29, 0.717) is 13.0 Å². The van der Waals surface area contributed by atoms with Crippen molar-refractivity contribution in [1.82, 2.24) is 4.98 Å². The molecule has 0 radical (unpaired) electrons. The van der Waals surface area contributed by atoms with Crippen LogP contribution in [0, 0.1) is 0 Å². The molecule has 4 nitrogen and oxygen atoms in total. The minimum atomic E-state index is -2.09. The molecule has 0 amide bonds. The summed E-state index contributed by atoms with van der Waals surface area (Å²) in [5.74, 6) is -0.261. The van der Waals surface area contributed by atoms with Gasteiger partial charge in [-0.25, -0.2) is 4.79 Å². The maximum Gasteiger partial charge on any atom is 0.334 e. The zero-order valence-corrected chi connectivity index (χ0v) is 18.8. The molecule has 152 valence electrons. The lowest BCUT2D eigenvalue weighted by molar-refractivity contribution is -0.152. The van der Waals surface area contributed by atoms with E-state index in [0.717, 1.165) is 18.4 Å². The molecule has 0 saturated carbocycles. The van der Waals surface area contributed by atoms with Gasteiger partial charge in [-0.1, -0.05) is 51.1 Å². The lowest BCUT2D eigenvalue weighted by Crippen LogP contribution is -2.47. The van der Waals surface area contributed by atoms with Gasteiger partial charge in [-0.3, -0.25) is 4.98 Å². The monoisotopic (exact) mass is 399 g/mol. The predicted octanol–water partition coefficient (Wildman–Crippen LogP) is 5.19. The lowest BCUT2D eigenvalue weighted by Gasteiger charge is -2.38. The van der Waals surface area contributed by atoms with Crippen LogP contribution in [-0.2, 0) is 26.8 Å². The fourth-order valence-electron chi connectivity index (χ4n) is 2.63. The first kappa shape index (κ1) is 22.3. The van der Waals surface area contributed by atoms with E-state index in [9.17, 15) is 4.79 Å². The van der Waals surface area contributed by atoms with Crippen molar-refractivity contribution in [1.29, 1.82) is 0 Å². The van der Waals surface area contributed by atoms with Crippen molar-refractivity contribution in [3.8, 4) is 0 Å². The van der Waals surface area contributed by atoms with Gasteiger partial charge in [-0.05, 0) is 54.2 Å². The number of ether oxygens (including phenoxy) is 1. The first-order valence-corrected chi connectivity index (χ1v) is 12.9. The average molecular weight is 400 g/mol. The van der Waals surface area contributed by atoms with Crippen LogP contribution >= 0.6 is 0 Å². The largest absolute Gasteiger partial charge is 0.464 e. The number of esters is 1. The number of benzene rings is 1. The Morgan fingerprint density at radius 1 is 1.04 bits per heavy atom. The van der Waals surface area contributed by atoms with Crippen LogP contribution in [-0.4, -0.2) is 32.0 Å². The summed E-state index contributed by atoms with van der Waals surface area (Å²) in [6.07, 6.45) is 5.19. The number of aromatic nitrogens is 1. The zero-order chi connectivity index (χ0) is 20.6. The number of nitrogens with zero attached hydrogens (tertiary/aromatic N) is 1. The first-order valence-electron chi connectivity index (χ1n) is 9.96. The van der Waals surface area contributed by atoms with E-state index in [4.69, 9.17) is 9.16 Å². The highest BCUT2D eigenvalue weighted by Crippen LogP contribution is 2.37. The number of hydrogen-bond donors (Lipinski definition) is 0. The highest BCUT2D eigenvalue weighted by molar-refractivity contribution is 6.74. The van der Waals surface area contributed by atoms with Crippen molar-refractivity contribution in [2.75, 3.05) is 6.61 Å². The van der Waals surface area contributed by atoms with E-state index < -0.39 is 14.4 Å². The van der Waals surface area contributed by atoms with E-state index in [1.807, 2.05) is 42.5 Å². The van der Waals surface area contributed by atoms with Crippen LogP contribution in [0.15, 0.2) is 54.9 Å². The molecule has 2 aromatic rings. The molecule has 0 aliphatic heterocycles. The summed E-state index contributed by atoms with van der Waals surface area (Å²) >= 11 is 0. The minimum absolute atomic E-state index is 0.0313. The van der Waals surface area contributed by atoms with Crippen molar-refractivity contribution >= 4 is 14.3 Å². The van der Waals surface area contributed by atoms with Gasteiger partial charge in [0.1, 0.15) is 6.10 Å². The molecular weight excluding hydrogens is 366 g/mol. The van der Waals surface area contributed by atoms with Crippen LogP contribution in [0.1, 0.15) is 38.3 Å². The Morgan fingerprint density at radius 3 is 2.29 bits per heavy atom. The van der Waals surface area contributed by atoms with Crippen molar-refractivity contribution in [3.63, 3.8) is 0 Å². The van der Waals surface area contributed by atoms with Gasteiger partial charge in [0.05, 0.1) is 6.61 Å². The molecule has 5 heteroatoms. The van der Waals surface area contributed by atoms with E-state index in [1.165, 1.54) is 5.56 Å². The van der Waals surface area contributed by atoms with Gasteiger partial charge in [0.2, 0.25) is 0 Å². The standard InChI is InChI=1S/C23H33NO3Si/c1-23(2,3)28(4,5)27-21(18-20-10-7-6-8-11-20)22(25)26-17-9-12-19-13-15-24-16-14-19/h6-8,10-11,13-16,21H,9,12,17-18H2,1-5H3/t21-/m0/s1. The van der Waals surface area contributed by atoms with E-state index >= 15 is 0 Å². The van der Waals surface area contributed by atoms with Gasteiger partial charge in [0.25, 0.3) is 0 Å². The average Bonchev–Trinajstić information content (AvgIpc) is 2.65. The quantitative estimate of drug-likeness (QED) is 0.331. The molecule has 1 heterocycles. The molecule has 0 aliphatic carbocycles. The van der Waals surface area contributed by atoms with Crippen LogP contribution < -0.4 is 0 Å². The summed E-state index contributed by atoms with van der Waals surface area (Å²) in [7, 11) is -2.09. The smallest absolute Gasteiger partial charge is 0.334 e. The van der Waals surface area contributed by atoms with Crippen LogP contribution in [0.5, 0.6) is 0 Å². The molecule has 1 aromatic carbocycles. The van der Waals surface area contributed by atoms with Gasteiger partial charge < -0.3 is 9.16 Å². The molecule has 0 unspecified atom stereocenters. The maximum atomic E-state index is 12.8. The number of aryl methyl sites for hydroxylation is 1. The highest BCUT2D eigenvalue weighted by Gasteiger charge is 2.41. The highest BCUT2D eigenvalue weighted by atomic mass is 28.4. The molecule has 0 N–H and O–H groups in total. The predicted molar refractivity (Wildman–Crippen MR) is 116 cm³/mol. The molecule has 0 bridgehead atoms. The minimum Gasteiger partial charge on any atom is -0.464 e. The van der Waals surface area contributed by atoms with Gasteiger partial charge in [-0.2, -0.15) is 0 Å². The van der Waals surface area contributed by atoms with Gasteiger partial charge in [0.15, 0.2) is 8.32 Å². The molecule has 0 aliphatic rings. The van der Waals surface area contributed by atoms with Crippen LogP contribution in [0.25, 0.3) is 0 Å². The first-order chi connectivity index (χ1) is 13.2. The summed E-state index contributed by atoms with van der Waals surface area (Å²) in [6, 6.07) is 14.0. The van der Waals surface area contributed by atoms with Crippen LogP contribution in [0.2, 0.25) is 18.1 Å². The number of rotatable bonds is 9. The number of carbonyl (C=O) groups excluding carboxylic acids is 1. The normalized spacial score (nSPS) is 13.2. The molecule has 1 atom stereocenters. The van der Waals surface area contributed by atoms with E-state index in [1.54, 1.807) is 12.4 Å². The molecule has 28 heavy (non-hydrogen) atoms. The van der Waals surface area contributed by atoms with Crippen molar-refractivity contribution in [2.45, 2.75) is 64.3 Å². The third-order valence-corrected chi connectivity index (χ3v) is 9.86. The summed E-state index contributed by atoms with van der Waals surface area (Å²) in [6.45, 7) is 11.3. The molecule has 0 saturated heterocycles. The third-order valence-electron chi connectivity index (χ3n) is 5.37. The second kappa shape index (κ2) is 9.98. The Bertz CT molecular complexity index is 727. The van der Waals surface area contributed by atoms with Gasteiger partial charge in [0, 0.05) is 18.8 Å². The van der Waals surface area contributed by atoms with Crippen molar-refractivity contribution in [3.05, 3.63) is 66.0 Å². The van der Waals surface area contributed by atoms with E-state index in [2.05, 4.69) is 38.8 Å². The SMILES string of the molecule is CC(C)(C)[Si](C)(C)O[C@@H](Cc1ccccc1)C(=O)OCCCc1ccncc1. The molecule has 2 rings (SSSR count). The summed E-state index contributed by atoms with van der Waals surface area (Å²) < 4.78 is 12.0. The number of carbonyl (C=O) groups is 1. The van der Waals surface area contributed by atoms with Crippen molar-refractivity contribution < 1.29 is 14.0 Å². The second-order valence-corrected chi connectivity index (χ2v) is 13.4. The second-order valence-electron chi connectivity index (χ2n) is 8.68. The molecular formula is C23H33NO3Si. The Balaban J connectivity index is 1.97. The number of hydrogen-bond acceptors (Lipinski definition) is 4. The van der Waals surface area contributed by atoms with Crippen LogP contribution in [0.4, 0.5) is 0 Å². The molecule has 0 fully saturated rings. The van der Waals surface area contributed by atoms with Crippen molar-refractivity contribution in [2.24, 2.45) is 0 Å². The van der Waals surface area contributed by atoms with Gasteiger partial charge in [-0.15, -0.1) is 0 Å². The van der Waals surface area contributed by atoms with Gasteiger partial charge >= 0.3 is 5.97 Å². The fraction of sp³-hybridized carbons (Fsp3) is 0.478. The fourth-order valence-corrected chi connectivity index (χ4v) is 3.87. The Morgan fingerprint density at radius 2 is 1.68 bits per heavy atom. The molecule has 1 aromatic heterocycles. The number of pyridine rings is 1. The summed E-state index contributed by atoms with van der Waals surface area (Å²) in [4.78, 5) is 16.8. The lowest BCUT2D eigenvalue weighted by atomic mass is 10.1. The van der Waals surface area contributed by atoms with Crippen LogP contribution in [0.3, 0.4) is 0 Å². The Hall–Kier alpha value is -1.98. The zero-order valence-electron chi connectivity index (χ0n) is 17.8. The summed E-state index contributed by atoms with van der Waals surface area (Å²) in [5.41, 5.74) is 2.28. The Labute approximate surface area is 170 Å². The summed E-state index contributed by atoms with van der Waals surface area (Å²) in [5, 5.41) is 0.0313. The Kier molecular flexibility index (Phi) is 7.95. The topological polar surface area (TPSA) is 48.4 Å². The molecule has 0 spiro atoms.